The van der Waals surface area contributed by atoms with Gasteiger partial charge in [0.2, 0.25) is 0 Å². The Balaban J connectivity index is 1.63. The maximum Gasteiger partial charge on any atom is 0.141 e. The van der Waals surface area contributed by atoms with E-state index in [-0.39, 0.29) is 0 Å². The summed E-state index contributed by atoms with van der Waals surface area (Å²) in [5.41, 5.74) is 8.19. The van der Waals surface area contributed by atoms with Gasteiger partial charge in [-0.05, 0) is 49.0 Å². The molecule has 0 radical (unpaired) electrons. The highest BCUT2D eigenvalue weighted by Crippen LogP contribution is 2.32. The summed E-state index contributed by atoms with van der Waals surface area (Å²) in [6.45, 7) is 2.91. The first-order valence-corrected chi connectivity index (χ1v) is 8.55. The van der Waals surface area contributed by atoms with E-state index in [1.807, 2.05) is 29.6 Å². The van der Waals surface area contributed by atoms with Crippen molar-refractivity contribution in [3.8, 4) is 5.75 Å². The molecule has 0 aliphatic carbocycles. The maximum absolute atomic E-state index is 6.08. The minimum Gasteiger partial charge on any atom is -0.492 e. The number of rotatable bonds is 2. The molecular weight excluding hydrogens is 294 g/mol. The standard InChI is InChI=1S/C17H19N3OS/c18-17(16-4-2-8-22-16)19-13-5-6-15-12(9-13)10-20-7-1-3-14(20)11-21-15/h2,4-6,8-9,14H,1,3,7,10-11H2,(H2,18,19). The fraction of sp³-hybridized carbons (Fsp3) is 0.353. The number of benzene rings is 1. The predicted molar refractivity (Wildman–Crippen MR) is 90.1 cm³/mol. The van der Waals surface area contributed by atoms with Crippen LogP contribution in [0.5, 0.6) is 5.75 Å². The molecule has 0 bridgehead atoms. The third-order valence-corrected chi connectivity index (χ3v) is 5.26. The lowest BCUT2D eigenvalue weighted by molar-refractivity contribution is 0.188. The first-order chi connectivity index (χ1) is 10.8. The number of hydrogen-bond donors (Lipinski definition) is 1. The largest absolute Gasteiger partial charge is 0.492 e. The molecule has 4 rings (SSSR count). The topological polar surface area (TPSA) is 50.8 Å². The normalized spacial score (nSPS) is 21.8. The Labute approximate surface area is 134 Å². The number of ether oxygens (including phenoxy) is 1. The molecule has 1 unspecified atom stereocenters. The van der Waals surface area contributed by atoms with Gasteiger partial charge in [0.15, 0.2) is 0 Å². The molecule has 2 N–H and O–H groups in total. The van der Waals surface area contributed by atoms with Gasteiger partial charge in [-0.1, -0.05) is 6.07 Å². The molecule has 1 atom stereocenters. The summed E-state index contributed by atoms with van der Waals surface area (Å²) in [6.07, 6.45) is 2.51. The zero-order valence-corrected chi connectivity index (χ0v) is 13.2. The average Bonchev–Trinajstić information content (AvgIpc) is 3.16. The van der Waals surface area contributed by atoms with Gasteiger partial charge in [-0.15, -0.1) is 11.3 Å². The van der Waals surface area contributed by atoms with E-state index in [9.17, 15) is 0 Å². The zero-order valence-electron chi connectivity index (χ0n) is 12.4. The van der Waals surface area contributed by atoms with E-state index in [0.29, 0.717) is 11.9 Å². The molecular formula is C17H19N3OS. The van der Waals surface area contributed by atoms with Crippen LogP contribution in [0.15, 0.2) is 40.7 Å². The van der Waals surface area contributed by atoms with Gasteiger partial charge >= 0.3 is 0 Å². The van der Waals surface area contributed by atoms with Crippen molar-refractivity contribution in [3.63, 3.8) is 0 Å². The van der Waals surface area contributed by atoms with Crippen molar-refractivity contribution in [2.75, 3.05) is 13.2 Å². The Kier molecular flexibility index (Phi) is 3.60. The molecule has 0 saturated carbocycles. The molecule has 2 aliphatic heterocycles. The summed E-state index contributed by atoms with van der Waals surface area (Å²) < 4.78 is 5.98. The number of nitrogens with two attached hydrogens (primary N) is 1. The third kappa shape index (κ3) is 2.62. The Hall–Kier alpha value is -1.85. The van der Waals surface area contributed by atoms with Crippen LogP contribution in [0.4, 0.5) is 5.69 Å². The number of thiophene rings is 1. The van der Waals surface area contributed by atoms with Crippen molar-refractivity contribution in [2.24, 2.45) is 10.7 Å². The average molecular weight is 313 g/mol. The molecule has 3 heterocycles. The highest BCUT2D eigenvalue weighted by atomic mass is 32.1. The third-order valence-electron chi connectivity index (χ3n) is 4.37. The highest BCUT2D eigenvalue weighted by Gasteiger charge is 2.28. The molecule has 1 aromatic carbocycles. The highest BCUT2D eigenvalue weighted by molar-refractivity contribution is 7.12. The van der Waals surface area contributed by atoms with Crippen molar-refractivity contribution >= 4 is 22.9 Å². The molecule has 2 aromatic rings. The number of nitrogens with zero attached hydrogens (tertiary/aromatic N) is 2. The van der Waals surface area contributed by atoms with Crippen LogP contribution in [0.25, 0.3) is 0 Å². The Morgan fingerprint density at radius 2 is 2.32 bits per heavy atom. The van der Waals surface area contributed by atoms with Gasteiger partial charge in [0.05, 0.1) is 10.6 Å². The van der Waals surface area contributed by atoms with Crippen LogP contribution in [0.3, 0.4) is 0 Å². The smallest absolute Gasteiger partial charge is 0.141 e. The van der Waals surface area contributed by atoms with Crippen LogP contribution < -0.4 is 10.5 Å². The van der Waals surface area contributed by atoms with E-state index in [1.54, 1.807) is 11.3 Å². The van der Waals surface area contributed by atoms with E-state index in [2.05, 4.69) is 16.0 Å². The number of hydrogen-bond acceptors (Lipinski definition) is 4. The van der Waals surface area contributed by atoms with Crippen molar-refractivity contribution in [3.05, 3.63) is 46.2 Å². The fourth-order valence-corrected chi connectivity index (χ4v) is 3.84. The van der Waals surface area contributed by atoms with Gasteiger partial charge in [-0.3, -0.25) is 4.90 Å². The van der Waals surface area contributed by atoms with Crippen molar-refractivity contribution in [1.82, 2.24) is 4.90 Å². The number of aliphatic imine (C=N–C) groups is 1. The van der Waals surface area contributed by atoms with Crippen molar-refractivity contribution in [2.45, 2.75) is 25.4 Å². The van der Waals surface area contributed by atoms with Crippen LogP contribution in [-0.4, -0.2) is 29.9 Å². The Bertz CT molecular complexity index is 696. The van der Waals surface area contributed by atoms with Gasteiger partial charge in [-0.2, -0.15) is 0 Å². The molecule has 2 aliphatic rings. The SMILES string of the molecule is NC(=Nc1ccc2c(c1)CN1CCCC1CO2)c1cccs1. The summed E-state index contributed by atoms with van der Waals surface area (Å²) in [5, 5.41) is 2.01. The van der Waals surface area contributed by atoms with Gasteiger partial charge < -0.3 is 10.5 Å². The molecule has 114 valence electrons. The van der Waals surface area contributed by atoms with E-state index in [1.165, 1.54) is 18.4 Å². The summed E-state index contributed by atoms with van der Waals surface area (Å²) in [6, 6.07) is 10.7. The van der Waals surface area contributed by atoms with Gasteiger partial charge in [-0.25, -0.2) is 4.99 Å². The second kappa shape index (κ2) is 5.74. The summed E-state index contributed by atoms with van der Waals surface area (Å²) >= 11 is 1.61. The summed E-state index contributed by atoms with van der Waals surface area (Å²) in [4.78, 5) is 8.08. The first-order valence-electron chi connectivity index (χ1n) is 7.67. The molecule has 1 aromatic heterocycles. The van der Waals surface area contributed by atoms with E-state index in [0.717, 1.165) is 36.0 Å². The lowest BCUT2D eigenvalue weighted by atomic mass is 10.1. The maximum atomic E-state index is 6.08. The molecule has 22 heavy (non-hydrogen) atoms. The first kappa shape index (κ1) is 13.8. The van der Waals surface area contributed by atoms with Crippen LogP contribution in [0.1, 0.15) is 23.3 Å². The fourth-order valence-electron chi connectivity index (χ4n) is 3.22. The van der Waals surface area contributed by atoms with Crippen LogP contribution >= 0.6 is 11.3 Å². The summed E-state index contributed by atoms with van der Waals surface area (Å²) in [5.74, 6) is 1.56. The molecule has 5 heteroatoms. The zero-order chi connectivity index (χ0) is 14.9. The number of fused-ring (bicyclic) bond motifs is 2. The quantitative estimate of drug-likeness (QED) is 0.684. The molecule has 0 spiro atoms. The van der Waals surface area contributed by atoms with Gasteiger partial charge in [0, 0.05) is 18.2 Å². The van der Waals surface area contributed by atoms with Crippen molar-refractivity contribution < 1.29 is 4.74 Å². The second-order valence-corrected chi connectivity index (χ2v) is 6.79. The summed E-state index contributed by atoms with van der Waals surface area (Å²) in [7, 11) is 0. The molecule has 1 saturated heterocycles. The molecule has 4 nitrogen and oxygen atoms in total. The lowest BCUT2D eigenvalue weighted by Gasteiger charge is -2.19. The lowest BCUT2D eigenvalue weighted by Crippen LogP contribution is -2.31. The van der Waals surface area contributed by atoms with E-state index < -0.39 is 0 Å². The van der Waals surface area contributed by atoms with Gasteiger partial charge in [0.1, 0.15) is 18.2 Å². The Morgan fingerprint density at radius 3 is 3.18 bits per heavy atom. The minimum atomic E-state index is 0.565. The molecule has 1 fully saturated rings. The van der Waals surface area contributed by atoms with Crippen molar-refractivity contribution in [1.29, 1.82) is 0 Å². The van der Waals surface area contributed by atoms with E-state index >= 15 is 0 Å². The second-order valence-electron chi connectivity index (χ2n) is 5.84. The van der Waals surface area contributed by atoms with Crippen LogP contribution in [-0.2, 0) is 6.54 Å². The van der Waals surface area contributed by atoms with Gasteiger partial charge in [0.25, 0.3) is 0 Å². The van der Waals surface area contributed by atoms with Crippen LogP contribution in [0, 0.1) is 0 Å². The monoisotopic (exact) mass is 313 g/mol. The van der Waals surface area contributed by atoms with E-state index in [4.69, 9.17) is 10.5 Å². The number of amidine groups is 1. The molecule has 0 amide bonds. The van der Waals surface area contributed by atoms with Crippen LogP contribution in [0.2, 0.25) is 0 Å². The Morgan fingerprint density at radius 1 is 1.36 bits per heavy atom. The predicted octanol–water partition coefficient (Wildman–Crippen LogP) is 3.14. The minimum absolute atomic E-state index is 0.565.